The molecule has 0 N–H and O–H groups in total. The maximum absolute atomic E-state index is 11.3. The molecule has 0 aromatic carbocycles. The standard InChI is InChI=1S/C27H54O2/c1-3-4-5-6-7-8-9-10-11-12-13-14-15-16-17-18-19-20-21-22-23-24-25-26-27(28)29-2/h3-26H2,1-2H3/i2D3. The summed E-state index contributed by atoms with van der Waals surface area (Å²) in [5, 5.41) is 0. The Morgan fingerprint density at radius 1 is 0.517 bits per heavy atom. The van der Waals surface area contributed by atoms with Crippen LogP contribution < -0.4 is 0 Å². The van der Waals surface area contributed by atoms with Gasteiger partial charge in [-0.3, -0.25) is 4.79 Å². The van der Waals surface area contributed by atoms with E-state index in [2.05, 4.69) is 11.7 Å². The number of carbonyl (C=O) groups is 1. The molecule has 29 heavy (non-hydrogen) atoms. The molecule has 0 aromatic heterocycles. The Bertz CT molecular complexity index is 397. The average Bonchev–Trinajstić information content (AvgIpc) is 2.73. The Labute approximate surface area is 188 Å². The van der Waals surface area contributed by atoms with Crippen LogP contribution in [0.4, 0.5) is 0 Å². The van der Waals surface area contributed by atoms with Crippen molar-refractivity contribution in [2.75, 3.05) is 7.04 Å². The van der Waals surface area contributed by atoms with E-state index in [-0.39, 0.29) is 6.42 Å². The largest absolute Gasteiger partial charge is 0.469 e. The minimum absolute atomic E-state index is 0.220. The highest BCUT2D eigenvalue weighted by atomic mass is 16.5. The molecule has 2 heteroatoms. The second-order valence-electron chi connectivity index (χ2n) is 9.00. The molecule has 0 saturated heterocycles. The first-order chi connectivity index (χ1) is 15.5. The first kappa shape index (κ1) is 23.1. The van der Waals surface area contributed by atoms with Gasteiger partial charge in [0.1, 0.15) is 0 Å². The molecular weight excluding hydrogens is 356 g/mol. The van der Waals surface area contributed by atoms with Gasteiger partial charge in [-0.1, -0.05) is 148 Å². The number of esters is 1. The zero-order valence-electron chi connectivity index (χ0n) is 22.8. The molecule has 0 bridgehead atoms. The highest BCUT2D eigenvalue weighted by Crippen LogP contribution is 2.15. The van der Waals surface area contributed by atoms with Crippen molar-refractivity contribution >= 4 is 5.97 Å². The number of carbonyl (C=O) groups excluding carboxylic acids is 1. The maximum Gasteiger partial charge on any atom is 0.305 e. The van der Waals surface area contributed by atoms with E-state index in [1.807, 2.05) is 0 Å². The first-order valence-corrected chi connectivity index (χ1v) is 13.2. The Morgan fingerprint density at radius 3 is 1.07 bits per heavy atom. The minimum atomic E-state index is -2.59. The van der Waals surface area contributed by atoms with E-state index < -0.39 is 13.0 Å². The van der Waals surface area contributed by atoms with E-state index >= 15 is 0 Å². The highest BCUT2D eigenvalue weighted by Gasteiger charge is 1.99. The lowest BCUT2D eigenvalue weighted by Crippen LogP contribution is -1.99. The number of unbranched alkanes of at least 4 members (excludes halogenated alkanes) is 22. The Kier molecular flexibility index (Phi) is 20.4. The summed E-state index contributed by atoms with van der Waals surface area (Å²) in [6.45, 7) is 2.28. The Hall–Kier alpha value is -0.530. The van der Waals surface area contributed by atoms with Crippen molar-refractivity contribution in [1.29, 1.82) is 0 Å². The van der Waals surface area contributed by atoms with Gasteiger partial charge in [-0.05, 0) is 6.42 Å². The van der Waals surface area contributed by atoms with Crippen LogP contribution in [0.1, 0.15) is 165 Å². The summed E-state index contributed by atoms with van der Waals surface area (Å²) in [6.07, 6.45) is 31.0. The zero-order chi connectivity index (χ0) is 23.8. The van der Waals surface area contributed by atoms with Crippen molar-refractivity contribution in [2.45, 2.75) is 161 Å². The van der Waals surface area contributed by atoms with E-state index in [4.69, 9.17) is 4.11 Å². The fraction of sp³-hybridized carbons (Fsp3) is 0.963. The number of rotatable bonds is 24. The predicted molar refractivity (Wildman–Crippen MR) is 128 cm³/mol. The van der Waals surface area contributed by atoms with E-state index in [9.17, 15) is 4.79 Å². The molecule has 0 radical (unpaired) electrons. The SMILES string of the molecule is [2H]C([2H])([2H])OC(=O)CCCCCCCCCCCCCCCCCCCCCCCCC. The maximum atomic E-state index is 11.3. The van der Waals surface area contributed by atoms with Gasteiger partial charge < -0.3 is 4.74 Å². The molecule has 0 rings (SSSR count). The second-order valence-corrected chi connectivity index (χ2v) is 9.00. The van der Waals surface area contributed by atoms with Gasteiger partial charge in [-0.25, -0.2) is 0 Å². The fourth-order valence-electron chi connectivity index (χ4n) is 4.11. The molecule has 0 spiro atoms. The summed E-state index contributed by atoms with van der Waals surface area (Å²) in [5.41, 5.74) is 0. The topological polar surface area (TPSA) is 26.3 Å². The molecule has 0 saturated carbocycles. The lowest BCUT2D eigenvalue weighted by Gasteiger charge is -2.04. The molecule has 0 heterocycles. The molecule has 2 nitrogen and oxygen atoms in total. The third kappa shape index (κ3) is 25.4. The quantitative estimate of drug-likeness (QED) is 0.116. The average molecular weight is 414 g/mol. The fourth-order valence-corrected chi connectivity index (χ4v) is 4.11. The number of methoxy groups -OCH3 is 1. The summed E-state index contributed by atoms with van der Waals surface area (Å²) in [5.74, 6) is -0.603. The van der Waals surface area contributed by atoms with Crippen LogP contribution in [0.3, 0.4) is 0 Å². The van der Waals surface area contributed by atoms with Crippen LogP contribution in [0.25, 0.3) is 0 Å². The third-order valence-corrected chi connectivity index (χ3v) is 6.10. The molecule has 0 unspecified atom stereocenters. The van der Waals surface area contributed by atoms with Gasteiger partial charge in [0, 0.05) is 6.42 Å². The second kappa shape index (κ2) is 25.5. The monoisotopic (exact) mass is 413 g/mol. The van der Waals surface area contributed by atoms with E-state index in [0.29, 0.717) is 0 Å². The van der Waals surface area contributed by atoms with Crippen molar-refractivity contribution in [1.82, 2.24) is 0 Å². The summed E-state index contributed by atoms with van der Waals surface area (Å²) >= 11 is 0. The van der Waals surface area contributed by atoms with Crippen LogP contribution in [0, 0.1) is 0 Å². The normalized spacial score (nSPS) is 13.1. The molecule has 0 aliphatic rings. The van der Waals surface area contributed by atoms with Gasteiger partial charge in [0.05, 0.1) is 11.2 Å². The summed E-state index contributed by atoms with van der Waals surface area (Å²) in [4.78, 5) is 11.3. The van der Waals surface area contributed by atoms with Crippen LogP contribution in [0.2, 0.25) is 0 Å². The molecule has 174 valence electrons. The van der Waals surface area contributed by atoms with Crippen molar-refractivity contribution in [2.24, 2.45) is 0 Å². The molecular formula is C27H54O2. The number of hydrogen-bond acceptors (Lipinski definition) is 2. The van der Waals surface area contributed by atoms with Gasteiger partial charge in [0.2, 0.25) is 0 Å². The van der Waals surface area contributed by atoms with Crippen molar-refractivity contribution < 1.29 is 13.6 Å². The first-order valence-electron chi connectivity index (χ1n) is 14.7. The van der Waals surface area contributed by atoms with Crippen molar-refractivity contribution in [3.05, 3.63) is 0 Å². The van der Waals surface area contributed by atoms with Crippen LogP contribution >= 0.6 is 0 Å². The van der Waals surface area contributed by atoms with Crippen molar-refractivity contribution in [3.8, 4) is 0 Å². The van der Waals surface area contributed by atoms with Gasteiger partial charge in [-0.15, -0.1) is 0 Å². The summed E-state index contributed by atoms with van der Waals surface area (Å²) in [7, 11) is -2.59. The Balaban J connectivity index is 3.10. The summed E-state index contributed by atoms with van der Waals surface area (Å²) < 4.78 is 25.0. The van der Waals surface area contributed by atoms with Gasteiger partial charge in [0.25, 0.3) is 0 Å². The Morgan fingerprint density at radius 2 is 0.793 bits per heavy atom. The number of ether oxygens (including phenoxy) is 1. The van der Waals surface area contributed by atoms with Gasteiger partial charge in [-0.2, -0.15) is 0 Å². The third-order valence-electron chi connectivity index (χ3n) is 6.10. The zero-order valence-corrected chi connectivity index (χ0v) is 19.8. The lowest BCUT2D eigenvalue weighted by atomic mass is 10.0. The van der Waals surface area contributed by atoms with Crippen LogP contribution in [0.5, 0.6) is 0 Å². The minimum Gasteiger partial charge on any atom is -0.469 e. The smallest absolute Gasteiger partial charge is 0.305 e. The van der Waals surface area contributed by atoms with Gasteiger partial charge >= 0.3 is 5.97 Å². The summed E-state index contributed by atoms with van der Waals surface area (Å²) in [6, 6.07) is 0. The van der Waals surface area contributed by atoms with Gasteiger partial charge in [0.15, 0.2) is 0 Å². The molecule has 0 atom stereocenters. The van der Waals surface area contributed by atoms with Crippen LogP contribution in [0.15, 0.2) is 0 Å². The van der Waals surface area contributed by atoms with Crippen LogP contribution in [-0.4, -0.2) is 13.0 Å². The predicted octanol–water partition coefficient (Wildman–Crippen LogP) is 9.54. The lowest BCUT2D eigenvalue weighted by molar-refractivity contribution is -0.140. The molecule has 0 aromatic rings. The molecule has 0 aliphatic carbocycles. The number of hydrogen-bond donors (Lipinski definition) is 0. The van der Waals surface area contributed by atoms with E-state index in [0.717, 1.165) is 19.3 Å². The van der Waals surface area contributed by atoms with Crippen molar-refractivity contribution in [3.63, 3.8) is 0 Å². The van der Waals surface area contributed by atoms with E-state index in [1.165, 1.54) is 128 Å². The molecule has 0 amide bonds. The highest BCUT2D eigenvalue weighted by molar-refractivity contribution is 5.68. The molecule has 0 fully saturated rings. The van der Waals surface area contributed by atoms with E-state index in [1.54, 1.807) is 0 Å². The van der Waals surface area contributed by atoms with Crippen LogP contribution in [-0.2, 0) is 9.53 Å². The molecule has 0 aliphatic heterocycles.